The SMILES string of the molecule is CCOc1ccc(C(COC)NC(=O)C2CC2c2ccccc2)cc1. The van der Waals surface area contributed by atoms with Gasteiger partial charge in [-0.1, -0.05) is 42.5 Å². The van der Waals surface area contributed by atoms with Gasteiger partial charge in [0.25, 0.3) is 0 Å². The molecule has 1 fully saturated rings. The molecule has 4 heteroatoms. The van der Waals surface area contributed by atoms with E-state index in [0.717, 1.165) is 17.7 Å². The van der Waals surface area contributed by atoms with Gasteiger partial charge >= 0.3 is 0 Å². The highest BCUT2D eigenvalue weighted by Crippen LogP contribution is 2.47. The van der Waals surface area contributed by atoms with E-state index in [-0.39, 0.29) is 17.9 Å². The molecule has 1 saturated carbocycles. The predicted molar refractivity (Wildman–Crippen MR) is 97.7 cm³/mol. The van der Waals surface area contributed by atoms with E-state index >= 15 is 0 Å². The van der Waals surface area contributed by atoms with Gasteiger partial charge in [-0.2, -0.15) is 0 Å². The van der Waals surface area contributed by atoms with Crippen molar-refractivity contribution in [2.75, 3.05) is 20.3 Å². The molecular weight excluding hydrogens is 314 g/mol. The van der Waals surface area contributed by atoms with Gasteiger partial charge in [0.1, 0.15) is 5.75 Å². The van der Waals surface area contributed by atoms with E-state index in [1.807, 2.05) is 49.4 Å². The summed E-state index contributed by atoms with van der Waals surface area (Å²) in [5, 5.41) is 3.14. The van der Waals surface area contributed by atoms with E-state index in [1.54, 1.807) is 7.11 Å². The van der Waals surface area contributed by atoms with Crippen molar-refractivity contribution in [3.63, 3.8) is 0 Å². The minimum Gasteiger partial charge on any atom is -0.494 e. The van der Waals surface area contributed by atoms with Crippen molar-refractivity contribution in [1.29, 1.82) is 0 Å². The second-order valence-electron chi connectivity index (χ2n) is 6.38. The molecule has 3 rings (SSSR count). The van der Waals surface area contributed by atoms with Gasteiger partial charge in [0.2, 0.25) is 5.91 Å². The lowest BCUT2D eigenvalue weighted by Crippen LogP contribution is -2.32. The van der Waals surface area contributed by atoms with E-state index in [1.165, 1.54) is 5.56 Å². The molecule has 1 N–H and O–H groups in total. The Hall–Kier alpha value is -2.33. The first-order valence-corrected chi connectivity index (χ1v) is 8.80. The summed E-state index contributed by atoms with van der Waals surface area (Å²) >= 11 is 0. The van der Waals surface area contributed by atoms with Crippen LogP contribution in [-0.2, 0) is 9.53 Å². The van der Waals surface area contributed by atoms with Crippen molar-refractivity contribution in [2.24, 2.45) is 5.92 Å². The summed E-state index contributed by atoms with van der Waals surface area (Å²) in [6.07, 6.45) is 0.916. The molecule has 0 bridgehead atoms. The lowest BCUT2D eigenvalue weighted by molar-refractivity contribution is -0.123. The van der Waals surface area contributed by atoms with Gasteiger partial charge in [0, 0.05) is 13.0 Å². The number of hydrogen-bond donors (Lipinski definition) is 1. The Morgan fingerprint density at radius 3 is 2.52 bits per heavy atom. The van der Waals surface area contributed by atoms with Crippen LogP contribution in [0.15, 0.2) is 54.6 Å². The monoisotopic (exact) mass is 339 g/mol. The molecule has 1 aliphatic rings. The average molecular weight is 339 g/mol. The van der Waals surface area contributed by atoms with Gasteiger partial charge in [-0.25, -0.2) is 0 Å². The Morgan fingerprint density at radius 1 is 1.16 bits per heavy atom. The third kappa shape index (κ3) is 4.40. The molecule has 0 radical (unpaired) electrons. The summed E-state index contributed by atoms with van der Waals surface area (Å²) < 4.78 is 10.8. The van der Waals surface area contributed by atoms with Crippen molar-refractivity contribution in [2.45, 2.75) is 25.3 Å². The van der Waals surface area contributed by atoms with Crippen LogP contribution in [0.25, 0.3) is 0 Å². The topological polar surface area (TPSA) is 47.6 Å². The molecular formula is C21H25NO3. The molecule has 0 spiro atoms. The van der Waals surface area contributed by atoms with Gasteiger partial charge in [0.05, 0.1) is 19.3 Å². The molecule has 3 unspecified atom stereocenters. The molecule has 3 atom stereocenters. The molecule has 25 heavy (non-hydrogen) atoms. The first kappa shape index (κ1) is 17.5. The number of amides is 1. The van der Waals surface area contributed by atoms with Crippen molar-refractivity contribution in [3.8, 4) is 5.75 Å². The molecule has 4 nitrogen and oxygen atoms in total. The summed E-state index contributed by atoms with van der Waals surface area (Å²) in [5.74, 6) is 1.33. The lowest BCUT2D eigenvalue weighted by atomic mass is 10.1. The summed E-state index contributed by atoms with van der Waals surface area (Å²) in [5.41, 5.74) is 2.27. The van der Waals surface area contributed by atoms with Gasteiger partial charge in [-0.3, -0.25) is 4.79 Å². The summed E-state index contributed by atoms with van der Waals surface area (Å²) in [7, 11) is 1.65. The predicted octanol–water partition coefficient (Wildman–Crippen LogP) is 3.69. The molecule has 0 saturated heterocycles. The number of ether oxygens (including phenoxy) is 2. The Bertz CT molecular complexity index is 684. The highest BCUT2D eigenvalue weighted by Gasteiger charge is 2.44. The van der Waals surface area contributed by atoms with E-state index < -0.39 is 0 Å². The maximum Gasteiger partial charge on any atom is 0.224 e. The maximum atomic E-state index is 12.6. The Morgan fingerprint density at radius 2 is 1.88 bits per heavy atom. The lowest BCUT2D eigenvalue weighted by Gasteiger charge is -2.19. The number of carbonyl (C=O) groups excluding carboxylic acids is 1. The van der Waals surface area contributed by atoms with Crippen LogP contribution in [0.3, 0.4) is 0 Å². The molecule has 2 aromatic rings. The first-order chi connectivity index (χ1) is 12.2. The van der Waals surface area contributed by atoms with Gasteiger partial charge in [-0.05, 0) is 42.5 Å². The van der Waals surface area contributed by atoms with Crippen LogP contribution < -0.4 is 10.1 Å². The van der Waals surface area contributed by atoms with Crippen LogP contribution in [0.2, 0.25) is 0 Å². The molecule has 1 amide bonds. The van der Waals surface area contributed by atoms with Crippen LogP contribution in [0.1, 0.15) is 36.4 Å². The number of carbonyl (C=O) groups is 1. The first-order valence-electron chi connectivity index (χ1n) is 8.80. The second kappa shape index (κ2) is 8.17. The quantitative estimate of drug-likeness (QED) is 0.798. The summed E-state index contributed by atoms with van der Waals surface area (Å²) in [6.45, 7) is 3.04. The smallest absolute Gasteiger partial charge is 0.224 e. The highest BCUT2D eigenvalue weighted by atomic mass is 16.5. The number of nitrogens with one attached hydrogen (secondary N) is 1. The zero-order valence-corrected chi connectivity index (χ0v) is 14.8. The number of rotatable bonds is 8. The van der Waals surface area contributed by atoms with Gasteiger partial charge in [0.15, 0.2) is 0 Å². The van der Waals surface area contributed by atoms with Crippen LogP contribution in [0.5, 0.6) is 5.75 Å². The third-order valence-electron chi connectivity index (χ3n) is 4.60. The number of benzene rings is 2. The minimum atomic E-state index is -0.148. The zero-order valence-electron chi connectivity index (χ0n) is 14.8. The average Bonchev–Trinajstić information content (AvgIpc) is 3.44. The molecule has 1 aliphatic carbocycles. The fourth-order valence-corrected chi connectivity index (χ4v) is 3.18. The minimum absolute atomic E-state index is 0.0597. The number of hydrogen-bond acceptors (Lipinski definition) is 3. The zero-order chi connectivity index (χ0) is 17.6. The Balaban J connectivity index is 1.63. The standard InChI is InChI=1S/C21H25NO3/c1-3-25-17-11-9-16(10-12-17)20(14-24-2)22-21(23)19-13-18(19)15-7-5-4-6-8-15/h4-12,18-20H,3,13-14H2,1-2H3,(H,22,23). The fraction of sp³-hybridized carbons (Fsp3) is 0.381. The molecule has 0 aromatic heterocycles. The van der Waals surface area contributed by atoms with Crippen LogP contribution in [0.4, 0.5) is 0 Å². The highest BCUT2D eigenvalue weighted by molar-refractivity contribution is 5.83. The van der Waals surface area contributed by atoms with Crippen molar-refractivity contribution in [3.05, 3.63) is 65.7 Å². The van der Waals surface area contributed by atoms with E-state index in [9.17, 15) is 4.79 Å². The van der Waals surface area contributed by atoms with Crippen LogP contribution in [0, 0.1) is 5.92 Å². The second-order valence-corrected chi connectivity index (χ2v) is 6.38. The van der Waals surface area contributed by atoms with E-state index in [0.29, 0.717) is 19.1 Å². The van der Waals surface area contributed by atoms with Crippen molar-refractivity contribution < 1.29 is 14.3 Å². The largest absolute Gasteiger partial charge is 0.494 e. The summed E-state index contributed by atoms with van der Waals surface area (Å²) in [6, 6.07) is 17.9. The normalized spacial score (nSPS) is 19.9. The summed E-state index contributed by atoms with van der Waals surface area (Å²) in [4.78, 5) is 12.6. The van der Waals surface area contributed by atoms with Gasteiger partial charge < -0.3 is 14.8 Å². The van der Waals surface area contributed by atoms with Crippen LogP contribution in [-0.4, -0.2) is 26.2 Å². The van der Waals surface area contributed by atoms with E-state index in [4.69, 9.17) is 9.47 Å². The van der Waals surface area contributed by atoms with Gasteiger partial charge in [-0.15, -0.1) is 0 Å². The van der Waals surface area contributed by atoms with Crippen LogP contribution >= 0.6 is 0 Å². The molecule has 132 valence electrons. The van der Waals surface area contributed by atoms with Crippen molar-refractivity contribution in [1.82, 2.24) is 5.32 Å². The van der Waals surface area contributed by atoms with E-state index in [2.05, 4.69) is 17.4 Å². The molecule has 0 heterocycles. The fourth-order valence-electron chi connectivity index (χ4n) is 3.18. The molecule has 2 aromatic carbocycles. The van der Waals surface area contributed by atoms with Crippen molar-refractivity contribution >= 4 is 5.91 Å². The molecule has 0 aliphatic heterocycles. The third-order valence-corrected chi connectivity index (χ3v) is 4.60. The Labute approximate surface area is 149 Å². The number of methoxy groups -OCH3 is 1. The maximum absolute atomic E-state index is 12.6. The Kier molecular flexibility index (Phi) is 5.71.